The Morgan fingerprint density at radius 3 is 2.27 bits per heavy atom. The minimum Gasteiger partial charge on any atom is -0.468 e. The summed E-state index contributed by atoms with van der Waals surface area (Å²) in [6.07, 6.45) is 5.78. The normalized spacial score (nSPS) is 10.6. The summed E-state index contributed by atoms with van der Waals surface area (Å²) >= 11 is 2.28. The third kappa shape index (κ3) is 8.77. The Bertz CT molecular complexity index is 877. The van der Waals surface area contributed by atoms with Crippen LogP contribution in [0.4, 0.5) is 0 Å². The van der Waals surface area contributed by atoms with Gasteiger partial charge in [0.25, 0.3) is 5.91 Å². The molecule has 0 spiro atoms. The Hall–Kier alpha value is -2.68. The fraction of sp³-hybridized carbons (Fsp3) is 0.261. The molecule has 2 aromatic rings. The number of allylic oxidation sites excluding steroid dienone is 1. The third-order valence-electron chi connectivity index (χ3n) is 4.30. The summed E-state index contributed by atoms with van der Waals surface area (Å²) in [5.41, 5.74) is 2.97. The maximum absolute atomic E-state index is 12.2. The van der Waals surface area contributed by atoms with Crippen molar-refractivity contribution >= 4 is 40.4 Å². The van der Waals surface area contributed by atoms with Gasteiger partial charge < -0.3 is 15.4 Å². The predicted molar refractivity (Wildman–Crippen MR) is 124 cm³/mol. The van der Waals surface area contributed by atoms with Crippen LogP contribution in [0.25, 0.3) is 0 Å². The van der Waals surface area contributed by atoms with Crippen molar-refractivity contribution < 1.29 is 19.1 Å². The molecule has 0 fully saturated rings. The average molecular weight is 520 g/mol. The van der Waals surface area contributed by atoms with E-state index in [1.165, 1.54) is 16.2 Å². The molecule has 158 valence electrons. The zero-order valence-electron chi connectivity index (χ0n) is 16.8. The first-order chi connectivity index (χ1) is 14.5. The summed E-state index contributed by atoms with van der Waals surface area (Å²) in [6, 6.07) is 15.9. The average Bonchev–Trinajstić information content (AvgIpc) is 2.76. The number of esters is 1. The Labute approximate surface area is 190 Å². The van der Waals surface area contributed by atoms with Crippen molar-refractivity contribution in [3.05, 3.63) is 81.1 Å². The van der Waals surface area contributed by atoms with Crippen molar-refractivity contribution in [3.63, 3.8) is 0 Å². The van der Waals surface area contributed by atoms with Crippen LogP contribution in [0, 0.1) is 3.57 Å². The van der Waals surface area contributed by atoms with E-state index in [-0.39, 0.29) is 18.4 Å². The Kier molecular flexibility index (Phi) is 10.1. The van der Waals surface area contributed by atoms with Crippen molar-refractivity contribution in [2.75, 3.05) is 13.7 Å². The molecular weight excluding hydrogens is 495 g/mol. The van der Waals surface area contributed by atoms with Gasteiger partial charge in [0, 0.05) is 21.8 Å². The number of nitrogens with one attached hydrogen (secondary N) is 2. The molecule has 0 aliphatic heterocycles. The van der Waals surface area contributed by atoms with Gasteiger partial charge in [-0.3, -0.25) is 14.4 Å². The van der Waals surface area contributed by atoms with E-state index >= 15 is 0 Å². The van der Waals surface area contributed by atoms with Gasteiger partial charge in [-0.1, -0.05) is 30.3 Å². The predicted octanol–water partition coefficient (Wildman–Crippen LogP) is 3.59. The molecule has 2 rings (SSSR count). The van der Waals surface area contributed by atoms with Crippen molar-refractivity contribution in [1.82, 2.24) is 10.6 Å². The van der Waals surface area contributed by atoms with Crippen LogP contribution < -0.4 is 10.6 Å². The molecule has 0 saturated carbocycles. The molecular formula is C23H25IN2O4. The fourth-order valence-corrected chi connectivity index (χ4v) is 2.98. The summed E-state index contributed by atoms with van der Waals surface area (Å²) in [4.78, 5) is 34.7. The number of carbonyl (C=O) groups is 3. The Morgan fingerprint density at radius 2 is 1.63 bits per heavy atom. The molecule has 7 heteroatoms. The van der Waals surface area contributed by atoms with Crippen molar-refractivity contribution in [3.8, 4) is 0 Å². The number of ether oxygens (including phenoxy) is 1. The smallest absolute Gasteiger partial charge is 0.325 e. The van der Waals surface area contributed by atoms with Gasteiger partial charge in [0.15, 0.2) is 0 Å². The molecule has 0 aromatic heterocycles. The van der Waals surface area contributed by atoms with E-state index in [9.17, 15) is 14.4 Å². The molecule has 0 aliphatic rings. The standard InChI is InChI=1S/C23H25IN2O4/c1-30-22(28)16-26-21(27)5-3-2-4-14-25-23(29)19-10-6-17(7-11-19)15-18-8-12-20(24)13-9-18/h4,6-14H,2-3,5,15-16H2,1H3,(H,25,29)(H,26,27)/b14-4-. The van der Waals surface area contributed by atoms with Crippen LogP contribution in [0.15, 0.2) is 60.8 Å². The first-order valence-corrected chi connectivity index (χ1v) is 10.7. The number of unbranched alkanes of at least 4 members (excludes halogenated alkanes) is 1. The number of rotatable bonds is 10. The van der Waals surface area contributed by atoms with Gasteiger partial charge >= 0.3 is 5.97 Å². The molecule has 0 heterocycles. The number of halogens is 1. The number of benzene rings is 2. The Balaban J connectivity index is 1.68. The highest BCUT2D eigenvalue weighted by molar-refractivity contribution is 14.1. The van der Waals surface area contributed by atoms with Crippen LogP contribution in [-0.2, 0) is 20.7 Å². The zero-order chi connectivity index (χ0) is 21.8. The first kappa shape index (κ1) is 23.6. The summed E-state index contributed by atoms with van der Waals surface area (Å²) < 4.78 is 5.66. The molecule has 6 nitrogen and oxygen atoms in total. The molecule has 0 bridgehead atoms. The van der Waals surface area contributed by atoms with Gasteiger partial charge in [0.1, 0.15) is 6.54 Å². The maximum Gasteiger partial charge on any atom is 0.325 e. The van der Waals surface area contributed by atoms with E-state index in [1.807, 2.05) is 24.3 Å². The van der Waals surface area contributed by atoms with Crippen LogP contribution in [0.2, 0.25) is 0 Å². The molecule has 0 radical (unpaired) electrons. The Morgan fingerprint density at radius 1 is 1.00 bits per heavy atom. The van der Waals surface area contributed by atoms with Gasteiger partial charge in [-0.05, 0) is 77.2 Å². The molecule has 0 unspecified atom stereocenters. The topological polar surface area (TPSA) is 84.5 Å². The number of hydrogen-bond acceptors (Lipinski definition) is 4. The van der Waals surface area contributed by atoms with E-state index in [1.54, 1.807) is 12.3 Å². The van der Waals surface area contributed by atoms with Gasteiger partial charge in [-0.2, -0.15) is 0 Å². The van der Waals surface area contributed by atoms with Crippen LogP contribution in [0.5, 0.6) is 0 Å². The lowest BCUT2D eigenvalue weighted by molar-refractivity contribution is -0.141. The lowest BCUT2D eigenvalue weighted by Crippen LogP contribution is -2.29. The van der Waals surface area contributed by atoms with E-state index in [0.29, 0.717) is 24.8 Å². The highest BCUT2D eigenvalue weighted by Gasteiger charge is 2.05. The van der Waals surface area contributed by atoms with Gasteiger partial charge in [0.05, 0.1) is 7.11 Å². The molecule has 0 aliphatic carbocycles. The van der Waals surface area contributed by atoms with Crippen LogP contribution in [-0.4, -0.2) is 31.4 Å². The number of methoxy groups -OCH3 is 1. The van der Waals surface area contributed by atoms with E-state index in [0.717, 1.165) is 12.0 Å². The summed E-state index contributed by atoms with van der Waals surface area (Å²) in [5.74, 6) is -0.861. The summed E-state index contributed by atoms with van der Waals surface area (Å²) in [6.45, 7) is -0.120. The monoisotopic (exact) mass is 520 g/mol. The molecule has 30 heavy (non-hydrogen) atoms. The van der Waals surface area contributed by atoms with Gasteiger partial charge in [-0.25, -0.2) is 0 Å². The number of carbonyl (C=O) groups excluding carboxylic acids is 3. The van der Waals surface area contributed by atoms with Crippen molar-refractivity contribution in [1.29, 1.82) is 0 Å². The molecule has 0 saturated heterocycles. The minimum absolute atomic E-state index is 0.120. The van der Waals surface area contributed by atoms with Gasteiger partial charge in [-0.15, -0.1) is 0 Å². The quantitative estimate of drug-likeness (QED) is 0.285. The second-order valence-electron chi connectivity index (χ2n) is 6.62. The molecule has 0 atom stereocenters. The summed E-state index contributed by atoms with van der Waals surface area (Å²) in [7, 11) is 1.27. The van der Waals surface area contributed by atoms with E-state index < -0.39 is 5.97 Å². The largest absolute Gasteiger partial charge is 0.468 e. The SMILES string of the molecule is COC(=O)CNC(=O)CCC/C=C\NC(=O)c1ccc(Cc2ccc(I)cc2)cc1. The highest BCUT2D eigenvalue weighted by Crippen LogP contribution is 2.13. The fourth-order valence-electron chi connectivity index (χ4n) is 2.62. The summed E-state index contributed by atoms with van der Waals surface area (Å²) in [5, 5.41) is 5.21. The molecule has 2 aromatic carbocycles. The maximum atomic E-state index is 12.2. The highest BCUT2D eigenvalue weighted by atomic mass is 127. The molecule has 2 N–H and O–H groups in total. The van der Waals surface area contributed by atoms with Crippen LogP contribution in [0.1, 0.15) is 40.7 Å². The van der Waals surface area contributed by atoms with Crippen LogP contribution >= 0.6 is 22.6 Å². The van der Waals surface area contributed by atoms with Gasteiger partial charge in [0.2, 0.25) is 5.91 Å². The molecule has 2 amide bonds. The second kappa shape index (κ2) is 12.8. The zero-order valence-corrected chi connectivity index (χ0v) is 19.0. The number of hydrogen-bond donors (Lipinski definition) is 2. The lowest BCUT2D eigenvalue weighted by Gasteiger charge is -2.05. The van der Waals surface area contributed by atoms with Crippen molar-refractivity contribution in [2.45, 2.75) is 25.7 Å². The first-order valence-electron chi connectivity index (χ1n) is 9.60. The van der Waals surface area contributed by atoms with Crippen LogP contribution in [0.3, 0.4) is 0 Å². The van der Waals surface area contributed by atoms with E-state index in [2.05, 4.69) is 62.2 Å². The number of amides is 2. The lowest BCUT2D eigenvalue weighted by atomic mass is 10.0. The third-order valence-corrected chi connectivity index (χ3v) is 5.02. The van der Waals surface area contributed by atoms with E-state index in [4.69, 9.17) is 0 Å². The second-order valence-corrected chi connectivity index (χ2v) is 7.87. The minimum atomic E-state index is -0.478. The van der Waals surface area contributed by atoms with Crippen molar-refractivity contribution in [2.24, 2.45) is 0 Å².